The molecule has 2 aromatic rings. The number of hydrogen-bond donors (Lipinski definition) is 0. The molecule has 2 aliphatic heterocycles. The minimum atomic E-state index is 0.00113. The second kappa shape index (κ2) is 9.50. The van der Waals surface area contributed by atoms with Crippen LogP contribution in [-0.4, -0.2) is 98.1 Å². The van der Waals surface area contributed by atoms with Crippen LogP contribution in [0.15, 0.2) is 36.4 Å². The first-order chi connectivity index (χ1) is 15.4. The van der Waals surface area contributed by atoms with Gasteiger partial charge in [0.25, 0.3) is 5.91 Å². The van der Waals surface area contributed by atoms with Crippen molar-refractivity contribution < 1.29 is 14.3 Å². The lowest BCUT2D eigenvalue weighted by Gasteiger charge is -2.30. The fourth-order valence-corrected chi connectivity index (χ4v) is 5.64. The predicted octanol–water partition coefficient (Wildman–Crippen LogP) is 3.33. The summed E-state index contributed by atoms with van der Waals surface area (Å²) in [5.41, 5.74) is 0.986. The molecule has 0 aliphatic carbocycles. The molecule has 0 unspecified atom stereocenters. The van der Waals surface area contributed by atoms with Gasteiger partial charge in [0.05, 0.1) is 18.0 Å². The highest BCUT2D eigenvalue weighted by Gasteiger charge is 2.35. The van der Waals surface area contributed by atoms with Crippen LogP contribution in [0.1, 0.15) is 22.5 Å². The molecule has 32 heavy (non-hydrogen) atoms. The number of benzene rings is 1. The first kappa shape index (κ1) is 22.6. The van der Waals surface area contributed by atoms with Gasteiger partial charge in [0.15, 0.2) is 0 Å². The van der Waals surface area contributed by atoms with E-state index < -0.39 is 0 Å². The van der Waals surface area contributed by atoms with Crippen molar-refractivity contribution in [1.82, 2.24) is 19.6 Å². The SMILES string of the molecule is COc1ccccc1-c1ccc(C(=O)N(C)[C@H]2CCN(C(=O)N(C)[C@@H]3CCN(C)C3)C2)s1. The summed E-state index contributed by atoms with van der Waals surface area (Å²) in [6, 6.07) is 12.1. The van der Waals surface area contributed by atoms with Gasteiger partial charge in [0.1, 0.15) is 5.75 Å². The third kappa shape index (κ3) is 4.47. The van der Waals surface area contributed by atoms with Gasteiger partial charge in [0, 0.05) is 50.2 Å². The van der Waals surface area contributed by atoms with E-state index in [1.54, 1.807) is 12.0 Å². The van der Waals surface area contributed by atoms with Crippen molar-refractivity contribution >= 4 is 23.3 Å². The van der Waals surface area contributed by atoms with Gasteiger partial charge in [-0.25, -0.2) is 4.79 Å². The van der Waals surface area contributed by atoms with E-state index in [4.69, 9.17) is 4.74 Å². The van der Waals surface area contributed by atoms with E-state index >= 15 is 0 Å². The van der Waals surface area contributed by atoms with Crippen LogP contribution < -0.4 is 4.74 Å². The Hall–Kier alpha value is -2.58. The summed E-state index contributed by atoms with van der Waals surface area (Å²) in [5, 5.41) is 0. The Kier molecular flexibility index (Phi) is 6.71. The quantitative estimate of drug-likeness (QED) is 0.693. The van der Waals surface area contributed by atoms with Gasteiger partial charge in [-0.2, -0.15) is 0 Å². The highest BCUT2D eigenvalue weighted by molar-refractivity contribution is 7.17. The van der Waals surface area contributed by atoms with Crippen molar-refractivity contribution in [2.75, 3.05) is 54.4 Å². The molecule has 3 amide bonds. The summed E-state index contributed by atoms with van der Waals surface area (Å²) in [5.74, 6) is 0.797. The maximum atomic E-state index is 13.2. The molecule has 4 rings (SSSR count). The minimum absolute atomic E-state index is 0.00113. The van der Waals surface area contributed by atoms with E-state index in [1.807, 2.05) is 60.3 Å². The van der Waals surface area contributed by atoms with Crippen LogP contribution in [0.5, 0.6) is 5.75 Å². The van der Waals surface area contributed by atoms with Crippen LogP contribution in [-0.2, 0) is 0 Å². The van der Waals surface area contributed by atoms with E-state index in [9.17, 15) is 9.59 Å². The summed E-state index contributed by atoms with van der Waals surface area (Å²) in [6.45, 7) is 3.22. The van der Waals surface area contributed by atoms with Crippen molar-refractivity contribution in [3.05, 3.63) is 41.3 Å². The lowest BCUT2D eigenvalue weighted by molar-refractivity contribution is 0.0739. The Morgan fingerprint density at radius 2 is 1.72 bits per heavy atom. The Bertz CT molecular complexity index is 978. The molecule has 1 aromatic carbocycles. The summed E-state index contributed by atoms with van der Waals surface area (Å²) >= 11 is 1.48. The number of nitrogens with zero attached hydrogens (tertiary/aromatic N) is 4. The first-order valence-electron chi connectivity index (χ1n) is 11.1. The Labute approximate surface area is 194 Å². The van der Waals surface area contributed by atoms with Crippen LogP contribution in [0.25, 0.3) is 10.4 Å². The lowest BCUT2D eigenvalue weighted by atomic mass is 10.1. The van der Waals surface area contributed by atoms with Gasteiger partial charge >= 0.3 is 6.03 Å². The second-order valence-electron chi connectivity index (χ2n) is 8.77. The van der Waals surface area contributed by atoms with E-state index in [0.29, 0.717) is 18.0 Å². The first-order valence-corrected chi connectivity index (χ1v) is 11.9. The lowest BCUT2D eigenvalue weighted by Crippen LogP contribution is -2.47. The third-order valence-corrected chi connectivity index (χ3v) is 7.81. The smallest absolute Gasteiger partial charge is 0.320 e. The van der Waals surface area contributed by atoms with E-state index in [-0.39, 0.29) is 24.0 Å². The van der Waals surface area contributed by atoms with Crippen LogP contribution in [0.4, 0.5) is 4.79 Å². The number of rotatable bonds is 5. The minimum Gasteiger partial charge on any atom is -0.496 e. The topological polar surface area (TPSA) is 56.3 Å². The van der Waals surface area contributed by atoms with Gasteiger partial charge < -0.3 is 24.3 Å². The average molecular weight is 457 g/mol. The van der Waals surface area contributed by atoms with E-state index in [2.05, 4.69) is 11.9 Å². The number of hydrogen-bond acceptors (Lipinski definition) is 5. The van der Waals surface area contributed by atoms with Crippen molar-refractivity contribution in [3.8, 4) is 16.2 Å². The molecule has 0 spiro atoms. The molecule has 2 saturated heterocycles. The fourth-order valence-electron chi connectivity index (χ4n) is 4.62. The van der Waals surface area contributed by atoms with E-state index in [0.717, 1.165) is 42.1 Å². The zero-order valence-corrected chi connectivity index (χ0v) is 20.1. The third-order valence-electron chi connectivity index (χ3n) is 6.71. The van der Waals surface area contributed by atoms with Crippen molar-refractivity contribution in [2.24, 2.45) is 0 Å². The van der Waals surface area contributed by atoms with Crippen molar-refractivity contribution in [2.45, 2.75) is 24.9 Å². The van der Waals surface area contributed by atoms with Gasteiger partial charge in [0.2, 0.25) is 0 Å². The number of likely N-dealkylation sites (tertiary alicyclic amines) is 2. The molecule has 2 aliphatic rings. The maximum absolute atomic E-state index is 13.2. The molecule has 2 atom stereocenters. The molecule has 0 radical (unpaired) electrons. The van der Waals surface area contributed by atoms with Gasteiger partial charge in [-0.1, -0.05) is 12.1 Å². The summed E-state index contributed by atoms with van der Waals surface area (Å²) in [4.78, 5) is 35.7. The second-order valence-corrected chi connectivity index (χ2v) is 9.85. The highest BCUT2D eigenvalue weighted by Crippen LogP contribution is 2.35. The number of ether oxygens (including phenoxy) is 1. The molecule has 7 nitrogen and oxygen atoms in total. The van der Waals surface area contributed by atoms with Crippen LogP contribution in [0.2, 0.25) is 0 Å². The Balaban J connectivity index is 1.39. The predicted molar refractivity (Wildman–Crippen MR) is 127 cm³/mol. The van der Waals surface area contributed by atoms with Gasteiger partial charge in [-0.15, -0.1) is 11.3 Å². The molecule has 2 fully saturated rings. The average Bonchev–Trinajstić information content (AvgIpc) is 3.57. The highest BCUT2D eigenvalue weighted by atomic mass is 32.1. The van der Waals surface area contributed by atoms with Gasteiger partial charge in [-0.3, -0.25) is 4.79 Å². The number of methoxy groups -OCH3 is 1. The largest absolute Gasteiger partial charge is 0.496 e. The normalized spacial score (nSPS) is 21.1. The van der Waals surface area contributed by atoms with Crippen molar-refractivity contribution in [1.29, 1.82) is 0 Å². The van der Waals surface area contributed by atoms with Crippen molar-refractivity contribution in [3.63, 3.8) is 0 Å². The number of urea groups is 1. The maximum Gasteiger partial charge on any atom is 0.320 e. The number of likely N-dealkylation sites (N-methyl/N-ethyl adjacent to an activating group) is 3. The number of amides is 3. The van der Waals surface area contributed by atoms with Gasteiger partial charge in [-0.05, 0) is 50.7 Å². The molecular formula is C24H32N4O3S. The van der Waals surface area contributed by atoms with Crippen LogP contribution >= 0.6 is 11.3 Å². The summed E-state index contributed by atoms with van der Waals surface area (Å²) in [7, 11) is 7.49. The Morgan fingerprint density at radius 3 is 2.44 bits per heavy atom. The molecular weight excluding hydrogens is 424 g/mol. The zero-order valence-electron chi connectivity index (χ0n) is 19.3. The van der Waals surface area contributed by atoms with Crippen LogP contribution in [0.3, 0.4) is 0 Å². The molecule has 3 heterocycles. The fraction of sp³-hybridized carbons (Fsp3) is 0.500. The van der Waals surface area contributed by atoms with E-state index in [1.165, 1.54) is 11.3 Å². The number of thiophene rings is 1. The number of para-hydroxylation sites is 1. The number of carbonyl (C=O) groups excluding carboxylic acids is 2. The molecule has 172 valence electrons. The molecule has 8 heteroatoms. The number of carbonyl (C=O) groups is 2. The molecule has 1 aromatic heterocycles. The molecule has 0 N–H and O–H groups in total. The Morgan fingerprint density at radius 1 is 1.00 bits per heavy atom. The summed E-state index contributed by atoms with van der Waals surface area (Å²) < 4.78 is 5.46. The standard InChI is InChI=1S/C24H32N4O3S/c1-25-13-11-17(15-25)27(3)24(30)28-14-12-18(16-28)26(2)23(29)22-10-9-21(32-22)19-7-5-6-8-20(19)31-4/h5-10,17-18H,11-16H2,1-4H3/t17-,18+/m1/s1. The van der Waals surface area contributed by atoms with Crippen LogP contribution in [0, 0.1) is 0 Å². The monoisotopic (exact) mass is 456 g/mol. The molecule has 0 bridgehead atoms. The summed E-state index contributed by atoms with van der Waals surface area (Å²) in [6.07, 6.45) is 1.82. The molecule has 0 saturated carbocycles. The zero-order chi connectivity index (χ0) is 22.8.